The summed E-state index contributed by atoms with van der Waals surface area (Å²) in [7, 11) is 2.95. The first-order valence-electron chi connectivity index (χ1n) is 15.9. The van der Waals surface area contributed by atoms with E-state index >= 15 is 0 Å². The van der Waals surface area contributed by atoms with E-state index in [9.17, 15) is 14.7 Å². The van der Waals surface area contributed by atoms with Crippen LogP contribution in [0.1, 0.15) is 67.2 Å². The van der Waals surface area contributed by atoms with Crippen LogP contribution >= 0.6 is 0 Å². The molecule has 3 aromatic rings. The molecule has 3 aliphatic rings. The molecule has 1 fully saturated rings. The zero-order chi connectivity index (χ0) is 32.9. The van der Waals surface area contributed by atoms with E-state index in [1.165, 1.54) is 14.2 Å². The normalized spacial score (nSPS) is 20.5. The maximum Gasteiger partial charge on any atom is 0.310 e. The van der Waals surface area contributed by atoms with Crippen molar-refractivity contribution < 1.29 is 48.3 Å². The number of rotatable bonds is 14. The molecule has 2 heterocycles. The molecule has 4 atom stereocenters. The van der Waals surface area contributed by atoms with Gasteiger partial charge in [0, 0.05) is 30.0 Å². The van der Waals surface area contributed by atoms with Gasteiger partial charge in [-0.3, -0.25) is 14.8 Å². The number of benzene rings is 3. The summed E-state index contributed by atoms with van der Waals surface area (Å²) in [6, 6.07) is 14.9. The van der Waals surface area contributed by atoms with Crippen molar-refractivity contribution >= 4 is 17.6 Å². The van der Waals surface area contributed by atoms with Crippen LogP contribution in [0.2, 0.25) is 0 Å². The highest BCUT2D eigenvalue weighted by molar-refractivity contribution is 5.79. The van der Waals surface area contributed by atoms with Crippen molar-refractivity contribution in [3.05, 3.63) is 65.2 Å². The van der Waals surface area contributed by atoms with E-state index in [1.807, 2.05) is 36.4 Å². The van der Waals surface area contributed by atoms with Gasteiger partial charge in [-0.05, 0) is 65.9 Å². The molecule has 3 aromatic carbocycles. The summed E-state index contributed by atoms with van der Waals surface area (Å²) in [6.07, 6.45) is 4.82. The average molecular weight is 649 g/mol. The topological polar surface area (TPSA) is 154 Å². The first kappa shape index (κ1) is 32.1. The lowest BCUT2D eigenvalue weighted by Crippen LogP contribution is -2.37. The lowest BCUT2D eigenvalue weighted by molar-refractivity contribution is -0.141. The van der Waals surface area contributed by atoms with Crippen molar-refractivity contribution in [1.29, 1.82) is 0 Å². The first-order chi connectivity index (χ1) is 22.9. The number of phenolic OH excluding ortho intramolecular Hbond substituents is 1. The van der Waals surface area contributed by atoms with E-state index in [1.54, 1.807) is 17.6 Å². The van der Waals surface area contributed by atoms with Crippen LogP contribution < -0.4 is 34.5 Å². The second kappa shape index (κ2) is 14.3. The number of carbonyl (C=O) groups is 2. The number of amides is 1. The zero-order valence-corrected chi connectivity index (χ0v) is 26.5. The maximum atomic E-state index is 13.5. The summed E-state index contributed by atoms with van der Waals surface area (Å²) in [4.78, 5) is 24.6. The molecule has 1 amide bonds. The third-order valence-corrected chi connectivity index (χ3v) is 9.15. The Bertz CT molecular complexity index is 1590. The second-order valence-corrected chi connectivity index (χ2v) is 12.0. The smallest absolute Gasteiger partial charge is 0.310 e. The van der Waals surface area contributed by atoms with Crippen molar-refractivity contribution in [2.75, 3.05) is 39.5 Å². The summed E-state index contributed by atoms with van der Waals surface area (Å²) in [6.45, 7) is 0.903. The van der Waals surface area contributed by atoms with Crippen LogP contribution in [0.3, 0.4) is 0 Å². The molecule has 2 aliphatic heterocycles. The van der Waals surface area contributed by atoms with Crippen molar-refractivity contribution in [2.45, 2.75) is 50.5 Å². The van der Waals surface area contributed by atoms with Gasteiger partial charge in [-0.2, -0.15) is 0 Å². The third kappa shape index (κ3) is 6.69. The summed E-state index contributed by atoms with van der Waals surface area (Å²) >= 11 is 0. The Labute approximate surface area is 272 Å². The Morgan fingerprint density at radius 3 is 2.34 bits per heavy atom. The molecule has 1 aliphatic carbocycles. The van der Waals surface area contributed by atoms with Gasteiger partial charge in [-0.15, -0.1) is 0 Å². The number of hydrogen-bond donors (Lipinski definition) is 4. The number of phenols is 1. The molecule has 1 saturated heterocycles. The molecule has 0 saturated carbocycles. The van der Waals surface area contributed by atoms with Gasteiger partial charge >= 0.3 is 5.97 Å². The summed E-state index contributed by atoms with van der Waals surface area (Å²) in [5.74, 6) is 0.500. The van der Waals surface area contributed by atoms with Gasteiger partial charge in [-0.1, -0.05) is 25.3 Å². The van der Waals surface area contributed by atoms with Crippen molar-refractivity contribution in [3.8, 4) is 34.5 Å². The van der Waals surface area contributed by atoms with Gasteiger partial charge in [-0.25, -0.2) is 5.48 Å². The lowest BCUT2D eigenvalue weighted by atomic mass is 9.65. The standard InChI is InChI=1S/C35H40N2O10/c1-42-28-13-20(14-29(43-2)34(28)39)31-23-16-26-27(47-19-46-26)17-24(23)33(25-18-45-35(40)32(25)31)36-21-9-8-10-22(15-21)44-12-7-5-3-4-6-11-30(38)37-41/h8-10,13-17,25,31-33,36,39,41H,3-7,11-12,18-19H2,1-2H3,(H,37,38)/t25-,31+,32-,33+/m0/s1. The fraction of sp³-hybridized carbons (Fsp3) is 0.429. The molecule has 0 unspecified atom stereocenters. The molecule has 0 bridgehead atoms. The van der Waals surface area contributed by atoms with Crippen LogP contribution in [0.4, 0.5) is 5.69 Å². The highest BCUT2D eigenvalue weighted by atomic mass is 16.7. The highest BCUT2D eigenvalue weighted by Gasteiger charge is 2.52. The number of nitrogens with one attached hydrogen (secondary N) is 2. The Balaban J connectivity index is 1.24. The van der Waals surface area contributed by atoms with E-state index in [2.05, 4.69) is 5.32 Å². The monoisotopic (exact) mass is 648 g/mol. The van der Waals surface area contributed by atoms with Crippen LogP contribution in [0.15, 0.2) is 48.5 Å². The number of cyclic esters (lactones) is 1. The molecule has 4 N–H and O–H groups in total. The predicted molar refractivity (Wildman–Crippen MR) is 169 cm³/mol. The molecule has 12 heteroatoms. The zero-order valence-electron chi connectivity index (χ0n) is 26.5. The molecule has 0 spiro atoms. The van der Waals surface area contributed by atoms with Gasteiger partial charge in [0.05, 0.1) is 39.4 Å². The van der Waals surface area contributed by atoms with Crippen molar-refractivity contribution in [2.24, 2.45) is 11.8 Å². The fourth-order valence-electron chi connectivity index (χ4n) is 6.86. The van der Waals surface area contributed by atoms with E-state index < -0.39 is 11.8 Å². The number of fused-ring (bicyclic) bond motifs is 3. The van der Waals surface area contributed by atoms with Crippen LogP contribution in [-0.4, -0.2) is 56.4 Å². The maximum absolute atomic E-state index is 13.5. The number of anilines is 1. The number of hydroxylamine groups is 1. The summed E-state index contributed by atoms with van der Waals surface area (Å²) in [5, 5.41) is 22.9. The lowest BCUT2D eigenvalue weighted by Gasteiger charge is -2.40. The van der Waals surface area contributed by atoms with Crippen LogP contribution in [0, 0.1) is 11.8 Å². The van der Waals surface area contributed by atoms with E-state index in [-0.39, 0.29) is 54.5 Å². The van der Waals surface area contributed by atoms with Gasteiger partial charge in [0.25, 0.3) is 0 Å². The molecular formula is C35H40N2O10. The average Bonchev–Trinajstić information content (AvgIpc) is 3.71. The Hall–Kier alpha value is -4.84. The number of esters is 1. The molecule has 250 valence electrons. The van der Waals surface area contributed by atoms with Crippen LogP contribution in [0.5, 0.6) is 34.5 Å². The van der Waals surface area contributed by atoms with E-state index in [0.29, 0.717) is 24.5 Å². The number of unbranched alkanes of at least 4 members (excludes halogenated alkanes) is 4. The van der Waals surface area contributed by atoms with Crippen LogP contribution in [0.25, 0.3) is 0 Å². The third-order valence-electron chi connectivity index (χ3n) is 9.15. The molecular weight excluding hydrogens is 608 g/mol. The van der Waals surface area contributed by atoms with E-state index in [0.717, 1.165) is 60.2 Å². The van der Waals surface area contributed by atoms with Crippen LogP contribution in [-0.2, 0) is 14.3 Å². The highest BCUT2D eigenvalue weighted by Crippen LogP contribution is 2.56. The minimum absolute atomic E-state index is 0.108. The van der Waals surface area contributed by atoms with Crippen molar-refractivity contribution in [3.63, 3.8) is 0 Å². The van der Waals surface area contributed by atoms with Gasteiger partial charge in [0.2, 0.25) is 18.4 Å². The number of hydrogen-bond acceptors (Lipinski definition) is 11. The molecule has 47 heavy (non-hydrogen) atoms. The van der Waals surface area contributed by atoms with Gasteiger partial charge in [0.1, 0.15) is 5.75 Å². The SMILES string of the molecule is COc1cc([C@@H]2c3cc4c(cc3[C@@H](Nc3cccc(OCCCCCCCC(=O)NO)c3)[C@H]3COC(=O)[C@H]23)OCO4)cc(OC)c1O. The molecule has 12 nitrogen and oxygen atoms in total. The summed E-state index contributed by atoms with van der Waals surface area (Å²) < 4.78 is 34.3. The first-order valence-corrected chi connectivity index (χ1v) is 15.9. The number of ether oxygens (including phenoxy) is 6. The molecule has 6 rings (SSSR count). The van der Waals surface area contributed by atoms with Crippen molar-refractivity contribution in [1.82, 2.24) is 5.48 Å². The minimum atomic E-state index is -0.531. The number of aromatic hydroxyl groups is 1. The number of carbonyl (C=O) groups excluding carboxylic acids is 2. The minimum Gasteiger partial charge on any atom is -0.502 e. The van der Waals surface area contributed by atoms with E-state index in [4.69, 9.17) is 33.6 Å². The molecule has 0 radical (unpaired) electrons. The predicted octanol–water partition coefficient (Wildman–Crippen LogP) is 5.45. The molecule has 0 aromatic heterocycles. The largest absolute Gasteiger partial charge is 0.502 e. The second-order valence-electron chi connectivity index (χ2n) is 12.0. The fourth-order valence-corrected chi connectivity index (χ4v) is 6.86. The Morgan fingerprint density at radius 1 is 0.915 bits per heavy atom. The quantitative estimate of drug-likeness (QED) is 0.0764. The number of methoxy groups -OCH3 is 2. The summed E-state index contributed by atoms with van der Waals surface area (Å²) in [5.41, 5.74) is 5.07. The Morgan fingerprint density at radius 2 is 1.62 bits per heavy atom. The van der Waals surface area contributed by atoms with Gasteiger partial charge in [0.15, 0.2) is 23.0 Å². The van der Waals surface area contributed by atoms with Gasteiger partial charge < -0.3 is 38.8 Å². The Kier molecular flexibility index (Phi) is 9.76.